The van der Waals surface area contributed by atoms with Crippen molar-refractivity contribution >= 4 is 15.9 Å². The Morgan fingerprint density at radius 1 is 0.964 bits per heavy atom. The van der Waals surface area contributed by atoms with Gasteiger partial charge in [-0.3, -0.25) is 9.78 Å². The molecule has 1 amide bonds. The number of hydrogen-bond acceptors (Lipinski definition) is 4. The molecule has 0 aliphatic heterocycles. The highest BCUT2D eigenvalue weighted by molar-refractivity contribution is 7.89. The molecule has 0 saturated heterocycles. The molecule has 6 nitrogen and oxygen atoms in total. The zero-order valence-corrected chi connectivity index (χ0v) is 16.2. The van der Waals surface area contributed by atoms with Gasteiger partial charge in [0.2, 0.25) is 10.0 Å². The molecule has 2 aromatic carbocycles. The van der Waals surface area contributed by atoms with Crippen molar-refractivity contribution in [3.8, 4) is 0 Å². The number of sulfonamides is 1. The van der Waals surface area contributed by atoms with Gasteiger partial charge in [-0.05, 0) is 42.3 Å². The summed E-state index contributed by atoms with van der Waals surface area (Å²) >= 11 is 0. The standard InChI is InChI=1S/C21H21N3O3S/c1-16-10-11-18(21(25)23-15-19-9-5-6-12-22-19)13-20(16)28(26,27)24-14-17-7-3-2-4-8-17/h2-13,24H,14-15H2,1H3,(H,23,25). The number of nitrogens with one attached hydrogen (secondary N) is 2. The first-order chi connectivity index (χ1) is 13.5. The lowest BCUT2D eigenvalue weighted by Crippen LogP contribution is -2.26. The topological polar surface area (TPSA) is 88.2 Å². The SMILES string of the molecule is Cc1ccc(C(=O)NCc2ccccn2)cc1S(=O)(=O)NCc1ccccc1. The molecule has 0 aliphatic rings. The van der Waals surface area contributed by atoms with Crippen molar-refractivity contribution < 1.29 is 13.2 Å². The molecule has 0 unspecified atom stereocenters. The van der Waals surface area contributed by atoms with E-state index in [0.29, 0.717) is 5.56 Å². The maximum absolute atomic E-state index is 12.7. The summed E-state index contributed by atoms with van der Waals surface area (Å²) in [6, 6.07) is 19.3. The highest BCUT2D eigenvalue weighted by Gasteiger charge is 2.19. The van der Waals surface area contributed by atoms with Gasteiger partial charge in [-0.25, -0.2) is 13.1 Å². The van der Waals surface area contributed by atoms with Crippen LogP contribution in [-0.4, -0.2) is 19.3 Å². The van der Waals surface area contributed by atoms with Crippen LogP contribution in [0.3, 0.4) is 0 Å². The zero-order chi connectivity index (χ0) is 20.0. The van der Waals surface area contributed by atoms with E-state index in [1.807, 2.05) is 36.4 Å². The van der Waals surface area contributed by atoms with Crippen LogP contribution >= 0.6 is 0 Å². The van der Waals surface area contributed by atoms with Crippen molar-refractivity contribution in [3.63, 3.8) is 0 Å². The van der Waals surface area contributed by atoms with Crippen molar-refractivity contribution in [2.45, 2.75) is 24.9 Å². The fourth-order valence-electron chi connectivity index (χ4n) is 2.66. The average molecular weight is 395 g/mol. The summed E-state index contributed by atoms with van der Waals surface area (Å²) in [7, 11) is -3.75. The van der Waals surface area contributed by atoms with Crippen molar-refractivity contribution in [1.29, 1.82) is 0 Å². The smallest absolute Gasteiger partial charge is 0.251 e. The van der Waals surface area contributed by atoms with Gasteiger partial charge in [-0.2, -0.15) is 0 Å². The number of aryl methyl sites for hydroxylation is 1. The first-order valence-corrected chi connectivity index (χ1v) is 10.3. The molecular weight excluding hydrogens is 374 g/mol. The molecule has 7 heteroatoms. The number of pyridine rings is 1. The predicted molar refractivity (Wildman–Crippen MR) is 107 cm³/mol. The molecule has 144 valence electrons. The van der Waals surface area contributed by atoms with E-state index < -0.39 is 10.0 Å². The molecule has 3 aromatic rings. The van der Waals surface area contributed by atoms with Gasteiger partial charge in [-0.15, -0.1) is 0 Å². The van der Waals surface area contributed by atoms with Crippen LogP contribution in [0, 0.1) is 6.92 Å². The molecular formula is C21H21N3O3S. The minimum absolute atomic E-state index is 0.0916. The molecule has 0 aliphatic carbocycles. The van der Waals surface area contributed by atoms with E-state index in [0.717, 1.165) is 11.3 Å². The Kier molecular flexibility index (Phi) is 6.18. The summed E-state index contributed by atoms with van der Waals surface area (Å²) in [6.07, 6.45) is 1.65. The number of benzene rings is 2. The summed E-state index contributed by atoms with van der Waals surface area (Å²) in [5.41, 5.74) is 2.43. The van der Waals surface area contributed by atoms with Crippen LogP contribution in [0.2, 0.25) is 0 Å². The molecule has 0 bridgehead atoms. The second-order valence-corrected chi connectivity index (χ2v) is 8.03. The third-order valence-corrected chi connectivity index (χ3v) is 5.75. The van der Waals surface area contributed by atoms with E-state index in [9.17, 15) is 13.2 Å². The average Bonchev–Trinajstić information content (AvgIpc) is 2.72. The lowest BCUT2D eigenvalue weighted by molar-refractivity contribution is 0.0950. The van der Waals surface area contributed by atoms with E-state index >= 15 is 0 Å². The van der Waals surface area contributed by atoms with Gasteiger partial charge < -0.3 is 5.32 Å². The Morgan fingerprint density at radius 3 is 2.43 bits per heavy atom. The fraction of sp³-hybridized carbons (Fsp3) is 0.143. The molecule has 2 N–H and O–H groups in total. The minimum atomic E-state index is -3.75. The number of carbonyl (C=O) groups excluding carboxylic acids is 1. The highest BCUT2D eigenvalue weighted by atomic mass is 32.2. The van der Waals surface area contributed by atoms with Gasteiger partial charge in [0.15, 0.2) is 0 Å². The largest absolute Gasteiger partial charge is 0.346 e. The fourth-order valence-corrected chi connectivity index (χ4v) is 3.94. The van der Waals surface area contributed by atoms with Crippen molar-refractivity contribution in [2.75, 3.05) is 0 Å². The first-order valence-electron chi connectivity index (χ1n) is 8.78. The molecule has 1 heterocycles. The molecule has 0 saturated carbocycles. The predicted octanol–water partition coefficient (Wildman–Crippen LogP) is 2.80. The third-order valence-electron chi connectivity index (χ3n) is 4.21. The summed E-state index contributed by atoms with van der Waals surface area (Å²) < 4.78 is 28.0. The van der Waals surface area contributed by atoms with E-state index in [1.54, 1.807) is 37.4 Å². The quantitative estimate of drug-likeness (QED) is 0.644. The summed E-state index contributed by atoms with van der Waals surface area (Å²) in [5, 5.41) is 2.75. The third kappa shape index (κ3) is 5.03. The number of amides is 1. The lowest BCUT2D eigenvalue weighted by Gasteiger charge is -2.11. The number of hydrogen-bond donors (Lipinski definition) is 2. The zero-order valence-electron chi connectivity index (χ0n) is 15.4. The second-order valence-electron chi connectivity index (χ2n) is 6.29. The molecule has 0 fully saturated rings. The van der Waals surface area contributed by atoms with Crippen LogP contribution in [0.4, 0.5) is 0 Å². The van der Waals surface area contributed by atoms with Crippen LogP contribution in [0.25, 0.3) is 0 Å². The van der Waals surface area contributed by atoms with E-state index in [2.05, 4.69) is 15.0 Å². The molecule has 0 spiro atoms. The van der Waals surface area contributed by atoms with Gasteiger partial charge in [0.25, 0.3) is 5.91 Å². The Bertz CT molecular complexity index is 1050. The minimum Gasteiger partial charge on any atom is -0.346 e. The molecule has 1 aromatic heterocycles. The second kappa shape index (κ2) is 8.77. The van der Waals surface area contributed by atoms with Crippen molar-refractivity contribution in [2.24, 2.45) is 0 Å². The Hall–Kier alpha value is -3.03. The number of aromatic nitrogens is 1. The van der Waals surface area contributed by atoms with Crippen LogP contribution in [-0.2, 0) is 23.1 Å². The van der Waals surface area contributed by atoms with Crippen molar-refractivity contribution in [1.82, 2.24) is 15.0 Å². The summed E-state index contributed by atoms with van der Waals surface area (Å²) in [6.45, 7) is 2.15. The van der Waals surface area contributed by atoms with Gasteiger partial charge in [-0.1, -0.05) is 42.5 Å². The normalized spacial score (nSPS) is 11.2. The van der Waals surface area contributed by atoms with Gasteiger partial charge >= 0.3 is 0 Å². The maximum Gasteiger partial charge on any atom is 0.251 e. The number of rotatable bonds is 7. The molecule has 0 radical (unpaired) electrons. The Balaban J connectivity index is 1.73. The van der Waals surface area contributed by atoms with E-state index in [-0.39, 0.29) is 29.5 Å². The maximum atomic E-state index is 12.7. The van der Waals surface area contributed by atoms with Crippen LogP contribution in [0.1, 0.15) is 27.2 Å². The van der Waals surface area contributed by atoms with Gasteiger partial charge in [0.1, 0.15) is 0 Å². The molecule has 28 heavy (non-hydrogen) atoms. The molecule has 0 atom stereocenters. The van der Waals surface area contributed by atoms with Crippen LogP contribution < -0.4 is 10.0 Å². The van der Waals surface area contributed by atoms with Crippen LogP contribution in [0.5, 0.6) is 0 Å². The summed E-state index contributed by atoms with van der Waals surface area (Å²) in [5.74, 6) is -0.356. The monoisotopic (exact) mass is 395 g/mol. The lowest BCUT2D eigenvalue weighted by atomic mass is 10.1. The first kappa shape index (κ1) is 19.7. The van der Waals surface area contributed by atoms with E-state index in [1.165, 1.54) is 6.07 Å². The Morgan fingerprint density at radius 2 is 1.71 bits per heavy atom. The summed E-state index contributed by atoms with van der Waals surface area (Å²) in [4.78, 5) is 16.7. The Labute approximate surface area is 164 Å². The number of nitrogens with zero attached hydrogens (tertiary/aromatic N) is 1. The highest BCUT2D eigenvalue weighted by Crippen LogP contribution is 2.18. The molecule has 3 rings (SSSR count). The van der Waals surface area contributed by atoms with Gasteiger partial charge in [0, 0.05) is 18.3 Å². The van der Waals surface area contributed by atoms with Gasteiger partial charge in [0.05, 0.1) is 17.1 Å². The van der Waals surface area contributed by atoms with Crippen molar-refractivity contribution in [3.05, 3.63) is 95.3 Å². The van der Waals surface area contributed by atoms with E-state index in [4.69, 9.17) is 0 Å². The number of carbonyl (C=O) groups is 1. The van der Waals surface area contributed by atoms with Crippen LogP contribution in [0.15, 0.2) is 77.8 Å².